The number of terminal acetylenes is 1. The zero-order valence-electron chi connectivity index (χ0n) is 5.62. The molecule has 0 bridgehead atoms. The van der Waals surface area contributed by atoms with Gasteiger partial charge in [-0.1, -0.05) is 36.3 Å². The highest BCUT2D eigenvalue weighted by Gasteiger charge is 1.78. The fourth-order valence-electron chi connectivity index (χ4n) is 0.708. The molecule has 0 atom stereocenters. The fourth-order valence-corrected chi connectivity index (χ4v) is 0.708. The average molecular weight is 128 g/mol. The van der Waals surface area contributed by atoms with Gasteiger partial charge >= 0.3 is 0 Å². The van der Waals surface area contributed by atoms with Gasteiger partial charge in [-0.05, 0) is 17.7 Å². The van der Waals surface area contributed by atoms with Crippen molar-refractivity contribution in [3.63, 3.8) is 0 Å². The van der Waals surface area contributed by atoms with Crippen LogP contribution in [0.15, 0.2) is 36.4 Å². The second-order valence-electron chi connectivity index (χ2n) is 1.91. The van der Waals surface area contributed by atoms with Gasteiger partial charge in [0.05, 0.1) is 0 Å². The van der Waals surface area contributed by atoms with Gasteiger partial charge in [0.25, 0.3) is 0 Å². The number of rotatable bonds is 1. The van der Waals surface area contributed by atoms with Crippen molar-refractivity contribution in [2.45, 2.75) is 0 Å². The second-order valence-corrected chi connectivity index (χ2v) is 1.91. The lowest BCUT2D eigenvalue weighted by molar-refractivity contribution is 1.66. The van der Waals surface area contributed by atoms with Gasteiger partial charge in [-0.2, -0.15) is 0 Å². The van der Waals surface area contributed by atoms with Gasteiger partial charge in [0.15, 0.2) is 0 Å². The average Bonchev–Trinajstić information content (AvgIpc) is 2.03. The van der Waals surface area contributed by atoms with Crippen LogP contribution in [0, 0.1) is 12.3 Å². The Morgan fingerprint density at radius 1 is 1.20 bits per heavy atom. The van der Waals surface area contributed by atoms with Gasteiger partial charge in [-0.15, -0.1) is 6.42 Å². The molecule has 0 aromatic heterocycles. The molecule has 0 heteroatoms. The Balaban J connectivity index is 2.79. The van der Waals surface area contributed by atoms with Crippen LogP contribution in [0.25, 0.3) is 6.08 Å². The lowest BCUT2D eigenvalue weighted by atomic mass is 10.2. The molecule has 1 aromatic rings. The van der Waals surface area contributed by atoms with Crippen molar-refractivity contribution >= 4 is 6.08 Å². The lowest BCUT2D eigenvalue weighted by Gasteiger charge is -1.86. The summed E-state index contributed by atoms with van der Waals surface area (Å²) in [4.78, 5) is 0. The Morgan fingerprint density at radius 3 is 2.50 bits per heavy atom. The first-order chi connectivity index (χ1) is 4.93. The van der Waals surface area contributed by atoms with E-state index in [-0.39, 0.29) is 0 Å². The van der Waals surface area contributed by atoms with E-state index in [1.165, 1.54) is 0 Å². The summed E-state index contributed by atoms with van der Waals surface area (Å²) >= 11 is 0. The van der Waals surface area contributed by atoms with Crippen LogP contribution in [0.4, 0.5) is 0 Å². The third-order valence-corrected chi connectivity index (χ3v) is 1.17. The first-order valence-corrected chi connectivity index (χ1v) is 3.11. The Labute approximate surface area is 61.2 Å². The van der Waals surface area contributed by atoms with E-state index in [9.17, 15) is 0 Å². The van der Waals surface area contributed by atoms with E-state index in [4.69, 9.17) is 6.42 Å². The Hall–Kier alpha value is -1.48. The molecule has 0 saturated heterocycles. The van der Waals surface area contributed by atoms with Gasteiger partial charge in [0.2, 0.25) is 0 Å². The van der Waals surface area contributed by atoms with Crippen LogP contribution < -0.4 is 0 Å². The summed E-state index contributed by atoms with van der Waals surface area (Å²) in [5.41, 5.74) is 1.14. The van der Waals surface area contributed by atoms with E-state index in [1.807, 2.05) is 36.4 Å². The van der Waals surface area contributed by atoms with Crippen LogP contribution in [0.2, 0.25) is 0 Å². The summed E-state index contributed by atoms with van der Waals surface area (Å²) in [6.07, 6.45) is 8.63. The molecular formula is C10H8. The molecule has 0 unspecified atom stereocenters. The molecular weight excluding hydrogens is 120 g/mol. The summed E-state index contributed by atoms with van der Waals surface area (Å²) < 4.78 is 0. The number of hydrogen-bond acceptors (Lipinski definition) is 0. The van der Waals surface area contributed by atoms with Crippen molar-refractivity contribution in [1.29, 1.82) is 0 Å². The van der Waals surface area contributed by atoms with E-state index in [1.54, 1.807) is 6.08 Å². The molecule has 1 aromatic carbocycles. The Kier molecular flexibility index (Phi) is 2.34. The van der Waals surface area contributed by atoms with Crippen molar-refractivity contribution in [3.05, 3.63) is 42.0 Å². The lowest BCUT2D eigenvalue weighted by Crippen LogP contribution is -1.65. The molecule has 0 aliphatic rings. The van der Waals surface area contributed by atoms with Crippen LogP contribution >= 0.6 is 0 Å². The molecule has 0 fully saturated rings. The molecule has 0 aliphatic heterocycles. The minimum Gasteiger partial charge on any atom is -0.115 e. The topological polar surface area (TPSA) is 0 Å². The van der Waals surface area contributed by atoms with Gasteiger partial charge in [0, 0.05) is 0 Å². The summed E-state index contributed by atoms with van der Waals surface area (Å²) in [5, 5.41) is 0. The van der Waals surface area contributed by atoms with E-state index in [0.29, 0.717) is 0 Å². The molecule has 0 nitrogen and oxygen atoms in total. The van der Waals surface area contributed by atoms with Gasteiger partial charge in [-0.25, -0.2) is 0 Å². The second kappa shape index (κ2) is 3.53. The van der Waals surface area contributed by atoms with Crippen molar-refractivity contribution in [2.24, 2.45) is 0 Å². The predicted octanol–water partition coefficient (Wildman–Crippen LogP) is 2.33. The minimum atomic E-state index is 1.14. The molecule has 0 aliphatic carbocycles. The third-order valence-electron chi connectivity index (χ3n) is 1.17. The van der Waals surface area contributed by atoms with Gasteiger partial charge in [-0.3, -0.25) is 0 Å². The monoisotopic (exact) mass is 128 g/mol. The van der Waals surface area contributed by atoms with Crippen molar-refractivity contribution in [2.75, 3.05) is 0 Å². The predicted molar refractivity (Wildman–Crippen MR) is 44.3 cm³/mol. The van der Waals surface area contributed by atoms with Gasteiger partial charge < -0.3 is 0 Å². The summed E-state index contributed by atoms with van der Waals surface area (Å²) in [5.74, 6) is 2.44. The number of allylic oxidation sites excluding steroid dienone is 1. The standard InChI is InChI=1S/C10H8/c1-2-3-7-10-8-5-4-6-9-10/h1,3-9H/b7-3-. The molecule has 0 amide bonds. The quantitative estimate of drug-likeness (QED) is 0.509. The highest BCUT2D eigenvalue weighted by Crippen LogP contribution is 1.99. The maximum Gasteiger partial charge on any atom is -0.0116 e. The van der Waals surface area contributed by atoms with Crippen molar-refractivity contribution < 1.29 is 0 Å². The van der Waals surface area contributed by atoms with Crippen LogP contribution in [0.5, 0.6) is 0 Å². The maximum absolute atomic E-state index is 5.04. The zero-order chi connectivity index (χ0) is 7.23. The molecule has 1 rings (SSSR count). The first-order valence-electron chi connectivity index (χ1n) is 3.11. The molecule has 10 heavy (non-hydrogen) atoms. The van der Waals surface area contributed by atoms with E-state index < -0.39 is 0 Å². The smallest absolute Gasteiger partial charge is 0.0116 e. The van der Waals surface area contributed by atoms with E-state index >= 15 is 0 Å². The van der Waals surface area contributed by atoms with Crippen LogP contribution in [0.1, 0.15) is 5.56 Å². The van der Waals surface area contributed by atoms with Crippen molar-refractivity contribution in [3.8, 4) is 12.3 Å². The fraction of sp³-hybridized carbons (Fsp3) is 0. The highest BCUT2D eigenvalue weighted by molar-refractivity contribution is 5.51. The normalized spacial score (nSPS) is 9.50. The molecule has 0 spiro atoms. The number of benzene rings is 1. The molecule has 0 heterocycles. The first kappa shape index (κ1) is 6.64. The Morgan fingerprint density at radius 2 is 1.90 bits per heavy atom. The van der Waals surface area contributed by atoms with Crippen molar-refractivity contribution in [1.82, 2.24) is 0 Å². The Bertz CT molecular complexity index is 249. The number of hydrogen-bond donors (Lipinski definition) is 0. The maximum atomic E-state index is 5.04. The SMILES string of the molecule is C#C/C=C\c1ccccc1. The zero-order valence-corrected chi connectivity index (χ0v) is 5.62. The van der Waals surface area contributed by atoms with Gasteiger partial charge in [0.1, 0.15) is 0 Å². The molecule has 0 saturated carbocycles. The van der Waals surface area contributed by atoms with Crippen LogP contribution in [-0.4, -0.2) is 0 Å². The minimum absolute atomic E-state index is 1.14. The summed E-state index contributed by atoms with van der Waals surface area (Å²) in [7, 11) is 0. The van der Waals surface area contributed by atoms with Crippen LogP contribution in [0.3, 0.4) is 0 Å². The highest BCUT2D eigenvalue weighted by atomic mass is 13.8. The third kappa shape index (κ3) is 1.80. The molecule has 48 valence electrons. The largest absolute Gasteiger partial charge is 0.115 e. The molecule has 0 radical (unpaired) electrons. The summed E-state index contributed by atoms with van der Waals surface area (Å²) in [6.45, 7) is 0. The van der Waals surface area contributed by atoms with E-state index in [2.05, 4.69) is 5.92 Å². The van der Waals surface area contributed by atoms with Crippen LogP contribution in [-0.2, 0) is 0 Å². The molecule has 0 N–H and O–H groups in total. The summed E-state index contributed by atoms with van der Waals surface area (Å²) in [6, 6.07) is 9.96. The van der Waals surface area contributed by atoms with E-state index in [0.717, 1.165) is 5.56 Å².